The fourth-order valence-corrected chi connectivity index (χ4v) is 4.26. The molecule has 22 heavy (non-hydrogen) atoms. The molecule has 4 aliphatic rings. The molecule has 0 radical (unpaired) electrons. The zero-order valence-corrected chi connectivity index (χ0v) is 11.9. The van der Waals surface area contributed by atoms with Crippen molar-refractivity contribution < 1.29 is 18.0 Å². The number of alkyl halides is 1. The van der Waals surface area contributed by atoms with E-state index in [2.05, 4.69) is 5.10 Å². The maximum absolute atomic E-state index is 13.4. The SMILES string of the molecule is O=C(N1N=CCC1c1cc(F)cc(F)c1)C12CC(CF)(C1)C2. The Morgan fingerprint density at radius 3 is 2.45 bits per heavy atom. The van der Waals surface area contributed by atoms with Gasteiger partial charge in [0.05, 0.1) is 18.1 Å². The van der Waals surface area contributed by atoms with Gasteiger partial charge in [-0.15, -0.1) is 0 Å². The molecule has 3 saturated carbocycles. The van der Waals surface area contributed by atoms with E-state index in [9.17, 15) is 18.0 Å². The minimum Gasteiger partial charge on any atom is -0.272 e. The zero-order valence-electron chi connectivity index (χ0n) is 11.9. The van der Waals surface area contributed by atoms with Crippen LogP contribution in [0.4, 0.5) is 13.2 Å². The van der Waals surface area contributed by atoms with Crippen LogP contribution in [0, 0.1) is 22.5 Å². The van der Waals surface area contributed by atoms with Crippen LogP contribution in [-0.2, 0) is 4.79 Å². The molecule has 0 spiro atoms. The molecule has 0 N–H and O–H groups in total. The summed E-state index contributed by atoms with van der Waals surface area (Å²) in [6.07, 6.45) is 3.70. The lowest BCUT2D eigenvalue weighted by Crippen LogP contribution is -2.68. The number of benzene rings is 1. The lowest BCUT2D eigenvalue weighted by molar-refractivity contribution is -0.222. The molecule has 1 aromatic rings. The molecule has 1 atom stereocenters. The number of halogens is 3. The second-order valence-electron chi connectivity index (χ2n) is 6.85. The predicted octanol–water partition coefficient (Wildman–Crippen LogP) is 3.36. The molecule has 116 valence electrons. The van der Waals surface area contributed by atoms with Gasteiger partial charge in [0.2, 0.25) is 5.91 Å². The second kappa shape index (κ2) is 4.33. The Balaban J connectivity index is 1.57. The number of nitrogens with zero attached hydrogens (tertiary/aromatic N) is 2. The fourth-order valence-electron chi connectivity index (χ4n) is 4.26. The first-order valence-corrected chi connectivity index (χ1v) is 7.35. The van der Waals surface area contributed by atoms with Crippen LogP contribution in [-0.4, -0.2) is 23.8 Å². The number of hydrogen-bond acceptors (Lipinski definition) is 2. The Morgan fingerprint density at radius 2 is 1.86 bits per heavy atom. The third-order valence-corrected chi connectivity index (χ3v) is 5.18. The minimum absolute atomic E-state index is 0.147. The van der Waals surface area contributed by atoms with Gasteiger partial charge in [-0.05, 0) is 37.0 Å². The largest absolute Gasteiger partial charge is 0.272 e. The van der Waals surface area contributed by atoms with Crippen molar-refractivity contribution in [1.29, 1.82) is 0 Å². The maximum atomic E-state index is 13.4. The summed E-state index contributed by atoms with van der Waals surface area (Å²) in [5.41, 5.74) is -0.396. The van der Waals surface area contributed by atoms with Gasteiger partial charge < -0.3 is 0 Å². The van der Waals surface area contributed by atoms with Crippen molar-refractivity contribution in [2.75, 3.05) is 6.67 Å². The topological polar surface area (TPSA) is 32.7 Å². The number of carbonyl (C=O) groups is 1. The van der Waals surface area contributed by atoms with E-state index in [4.69, 9.17) is 0 Å². The third kappa shape index (κ3) is 1.76. The highest BCUT2D eigenvalue weighted by Crippen LogP contribution is 2.74. The van der Waals surface area contributed by atoms with Crippen LogP contribution < -0.4 is 0 Å². The molecule has 2 bridgehead atoms. The van der Waals surface area contributed by atoms with Crippen molar-refractivity contribution in [3.05, 3.63) is 35.4 Å². The number of carbonyl (C=O) groups excluding carboxylic acids is 1. The van der Waals surface area contributed by atoms with E-state index in [1.807, 2.05) is 0 Å². The number of hydrogen-bond donors (Lipinski definition) is 0. The highest BCUT2D eigenvalue weighted by molar-refractivity contribution is 5.88. The Morgan fingerprint density at radius 1 is 1.23 bits per heavy atom. The summed E-state index contributed by atoms with van der Waals surface area (Å²) in [6, 6.07) is 2.78. The van der Waals surface area contributed by atoms with Crippen LogP contribution in [0.5, 0.6) is 0 Å². The first-order valence-electron chi connectivity index (χ1n) is 7.35. The minimum atomic E-state index is -0.670. The van der Waals surface area contributed by atoms with E-state index in [0.717, 1.165) is 6.07 Å². The molecule has 1 unspecified atom stereocenters. The van der Waals surface area contributed by atoms with E-state index in [1.165, 1.54) is 17.1 Å². The van der Waals surface area contributed by atoms with Crippen LogP contribution in [0.25, 0.3) is 0 Å². The molecular weight excluding hydrogens is 293 g/mol. The molecule has 3 fully saturated rings. The quantitative estimate of drug-likeness (QED) is 0.842. The molecule has 1 heterocycles. The monoisotopic (exact) mass is 308 g/mol. The lowest BCUT2D eigenvalue weighted by Gasteiger charge is -2.68. The summed E-state index contributed by atoms with van der Waals surface area (Å²) in [6.45, 7) is -0.385. The molecule has 6 heteroatoms. The van der Waals surface area contributed by atoms with Gasteiger partial charge in [-0.1, -0.05) is 0 Å². The Labute approximate surface area is 125 Å². The first kappa shape index (κ1) is 13.8. The molecule has 0 saturated heterocycles. The van der Waals surface area contributed by atoms with E-state index >= 15 is 0 Å². The molecule has 0 aromatic heterocycles. The molecule has 1 aliphatic heterocycles. The van der Waals surface area contributed by atoms with E-state index in [-0.39, 0.29) is 18.0 Å². The third-order valence-electron chi connectivity index (χ3n) is 5.18. The molecule has 1 aromatic carbocycles. The van der Waals surface area contributed by atoms with Crippen molar-refractivity contribution in [2.24, 2.45) is 15.9 Å². The van der Waals surface area contributed by atoms with Gasteiger partial charge in [0, 0.05) is 24.1 Å². The number of rotatable bonds is 3. The van der Waals surface area contributed by atoms with Crippen molar-refractivity contribution >= 4 is 12.1 Å². The van der Waals surface area contributed by atoms with E-state index in [0.29, 0.717) is 31.2 Å². The van der Waals surface area contributed by atoms with Crippen molar-refractivity contribution in [2.45, 2.75) is 31.7 Å². The summed E-state index contributed by atoms with van der Waals surface area (Å²) in [4.78, 5) is 12.7. The highest BCUT2D eigenvalue weighted by Gasteiger charge is 2.72. The summed E-state index contributed by atoms with van der Waals surface area (Å²) in [5, 5.41) is 5.42. The molecule has 3 nitrogen and oxygen atoms in total. The number of amides is 1. The zero-order chi connectivity index (χ0) is 15.5. The number of hydrazone groups is 1. The van der Waals surface area contributed by atoms with Crippen LogP contribution in [0.3, 0.4) is 0 Å². The molecular formula is C16H15F3N2O. The normalized spacial score (nSPS) is 35.2. The van der Waals surface area contributed by atoms with Crippen molar-refractivity contribution in [3.8, 4) is 0 Å². The molecule has 5 rings (SSSR count). The predicted molar refractivity (Wildman–Crippen MR) is 73.7 cm³/mol. The van der Waals surface area contributed by atoms with Gasteiger partial charge in [-0.25, -0.2) is 13.8 Å². The average Bonchev–Trinajstić information content (AvgIpc) is 2.83. The second-order valence-corrected chi connectivity index (χ2v) is 6.85. The first-order chi connectivity index (χ1) is 10.5. The van der Waals surface area contributed by atoms with Gasteiger partial charge in [0.1, 0.15) is 11.6 Å². The summed E-state index contributed by atoms with van der Waals surface area (Å²) < 4.78 is 39.7. The van der Waals surface area contributed by atoms with Crippen LogP contribution >= 0.6 is 0 Å². The Hall–Kier alpha value is -1.85. The summed E-state index contributed by atoms with van der Waals surface area (Å²) >= 11 is 0. The van der Waals surface area contributed by atoms with E-state index in [1.54, 1.807) is 6.21 Å². The van der Waals surface area contributed by atoms with Crippen molar-refractivity contribution in [3.63, 3.8) is 0 Å². The van der Waals surface area contributed by atoms with Gasteiger partial charge in [-0.3, -0.25) is 9.18 Å². The van der Waals surface area contributed by atoms with Gasteiger partial charge in [0.25, 0.3) is 0 Å². The standard InChI is InChI=1S/C16H15F3N2O/c17-9-15-6-16(7-15,8-15)14(22)21-13(1-2-20-21)10-3-11(18)5-12(19)4-10/h2-5,13H,1,6-9H2. The summed E-state index contributed by atoms with van der Waals surface area (Å²) in [5.74, 6) is -1.49. The average molecular weight is 308 g/mol. The fraction of sp³-hybridized carbons (Fsp3) is 0.500. The van der Waals surface area contributed by atoms with Gasteiger partial charge >= 0.3 is 0 Å². The van der Waals surface area contributed by atoms with Crippen LogP contribution in [0.1, 0.15) is 37.3 Å². The van der Waals surface area contributed by atoms with E-state index < -0.39 is 23.1 Å². The Bertz CT molecular complexity index is 648. The molecule has 3 aliphatic carbocycles. The van der Waals surface area contributed by atoms with Crippen molar-refractivity contribution in [1.82, 2.24) is 5.01 Å². The highest BCUT2D eigenvalue weighted by atomic mass is 19.1. The Kier molecular flexibility index (Phi) is 2.72. The lowest BCUT2D eigenvalue weighted by atomic mass is 9.35. The smallest absolute Gasteiger partial charge is 0.249 e. The molecule has 1 amide bonds. The van der Waals surface area contributed by atoms with Gasteiger partial charge in [-0.2, -0.15) is 5.10 Å². The van der Waals surface area contributed by atoms with Crippen LogP contribution in [0.15, 0.2) is 23.3 Å². The van der Waals surface area contributed by atoms with Gasteiger partial charge in [0.15, 0.2) is 0 Å². The summed E-state index contributed by atoms with van der Waals surface area (Å²) in [7, 11) is 0. The maximum Gasteiger partial charge on any atom is 0.249 e. The van der Waals surface area contributed by atoms with Crippen LogP contribution in [0.2, 0.25) is 0 Å².